The molecule has 0 radical (unpaired) electrons. The Bertz CT molecular complexity index is 1290. The summed E-state index contributed by atoms with van der Waals surface area (Å²) in [6, 6.07) is 18.5. The number of nitrogens with zero attached hydrogens (tertiary/aromatic N) is 3. The number of phenolic OH excluding ortho intramolecular Hbond substituents is 1. The van der Waals surface area contributed by atoms with Crippen molar-refractivity contribution in [3.63, 3.8) is 0 Å². The van der Waals surface area contributed by atoms with Gasteiger partial charge < -0.3 is 9.84 Å². The normalized spacial score (nSPS) is 11.1. The van der Waals surface area contributed by atoms with E-state index < -0.39 is 11.6 Å². The second-order valence-corrected chi connectivity index (χ2v) is 7.60. The van der Waals surface area contributed by atoms with Crippen LogP contribution in [0, 0.1) is 5.82 Å². The minimum Gasteiger partial charge on any atom is -0.507 e. The van der Waals surface area contributed by atoms with Gasteiger partial charge in [0.15, 0.2) is 5.78 Å². The van der Waals surface area contributed by atoms with Gasteiger partial charge in [-0.1, -0.05) is 53.2 Å². The first-order valence-electron chi connectivity index (χ1n) is 10.0. The first-order chi connectivity index (χ1) is 16.0. The van der Waals surface area contributed by atoms with Crippen LogP contribution in [0.25, 0.3) is 6.08 Å². The van der Waals surface area contributed by atoms with E-state index in [1.807, 2.05) is 30.3 Å². The summed E-state index contributed by atoms with van der Waals surface area (Å²) in [5, 5.41) is 18.6. The second kappa shape index (κ2) is 10.1. The third-order valence-electron chi connectivity index (χ3n) is 4.80. The van der Waals surface area contributed by atoms with Gasteiger partial charge in [0.25, 0.3) is 0 Å². The fraction of sp³-hybridized carbons (Fsp3) is 0.0800. The summed E-state index contributed by atoms with van der Waals surface area (Å²) < 4.78 is 21.2. The third-order valence-corrected chi connectivity index (χ3v) is 5.13. The standard InChI is InChI=1S/C25H19ClFN3O3/c26-22-7-4-8-23(27)20(22)11-12-24(31)21-10-9-19(13-25(21)32)33-16-18-15-30(29-28-18)14-17-5-2-1-3-6-17/h1-13,15,32H,14,16H2/b12-11+. The number of carbonyl (C=O) groups is 1. The van der Waals surface area contributed by atoms with E-state index in [0.717, 1.165) is 11.6 Å². The van der Waals surface area contributed by atoms with Crippen molar-refractivity contribution in [2.24, 2.45) is 0 Å². The molecule has 0 saturated carbocycles. The lowest BCUT2D eigenvalue weighted by atomic mass is 10.1. The molecule has 1 N–H and O–H groups in total. The van der Waals surface area contributed by atoms with Gasteiger partial charge in [-0.2, -0.15) is 0 Å². The van der Waals surface area contributed by atoms with E-state index in [4.69, 9.17) is 16.3 Å². The molecular weight excluding hydrogens is 445 g/mol. The fourth-order valence-corrected chi connectivity index (χ4v) is 3.36. The average molecular weight is 464 g/mol. The van der Waals surface area contributed by atoms with Crippen LogP contribution in [-0.4, -0.2) is 25.9 Å². The van der Waals surface area contributed by atoms with Crippen molar-refractivity contribution in [3.8, 4) is 11.5 Å². The predicted octanol–water partition coefficient (Wildman–Crippen LogP) is 5.30. The zero-order chi connectivity index (χ0) is 23.2. The summed E-state index contributed by atoms with van der Waals surface area (Å²) >= 11 is 5.96. The molecule has 0 bridgehead atoms. The maximum absolute atomic E-state index is 13.8. The zero-order valence-corrected chi connectivity index (χ0v) is 18.1. The van der Waals surface area contributed by atoms with Crippen LogP contribution in [0.5, 0.6) is 11.5 Å². The first kappa shape index (κ1) is 22.2. The summed E-state index contributed by atoms with van der Waals surface area (Å²) in [4.78, 5) is 12.4. The van der Waals surface area contributed by atoms with Crippen LogP contribution in [0.4, 0.5) is 4.39 Å². The Hall–Kier alpha value is -3.97. The Morgan fingerprint density at radius 3 is 2.70 bits per heavy atom. The molecule has 1 heterocycles. The van der Waals surface area contributed by atoms with Crippen molar-refractivity contribution in [3.05, 3.63) is 112 Å². The van der Waals surface area contributed by atoms with Gasteiger partial charge in [0.05, 0.1) is 23.3 Å². The predicted molar refractivity (Wildman–Crippen MR) is 123 cm³/mol. The Morgan fingerprint density at radius 2 is 1.94 bits per heavy atom. The lowest BCUT2D eigenvalue weighted by Gasteiger charge is -2.07. The molecule has 1 aromatic heterocycles. The zero-order valence-electron chi connectivity index (χ0n) is 17.4. The lowest BCUT2D eigenvalue weighted by molar-refractivity contribution is 0.104. The molecule has 0 aliphatic heterocycles. The molecule has 0 unspecified atom stereocenters. The van der Waals surface area contributed by atoms with Crippen LogP contribution in [0.3, 0.4) is 0 Å². The smallest absolute Gasteiger partial charge is 0.189 e. The highest BCUT2D eigenvalue weighted by Gasteiger charge is 2.12. The second-order valence-electron chi connectivity index (χ2n) is 7.19. The molecule has 0 atom stereocenters. The van der Waals surface area contributed by atoms with Crippen molar-refractivity contribution < 1.29 is 19.0 Å². The molecule has 166 valence electrons. The molecule has 0 amide bonds. The van der Waals surface area contributed by atoms with Gasteiger partial charge in [-0.15, -0.1) is 5.10 Å². The highest BCUT2D eigenvalue weighted by molar-refractivity contribution is 6.32. The van der Waals surface area contributed by atoms with Crippen molar-refractivity contribution in [1.29, 1.82) is 0 Å². The number of halogens is 2. The van der Waals surface area contributed by atoms with Crippen molar-refractivity contribution in [1.82, 2.24) is 15.0 Å². The molecule has 0 saturated heterocycles. The Morgan fingerprint density at radius 1 is 1.12 bits per heavy atom. The van der Waals surface area contributed by atoms with Gasteiger partial charge in [0, 0.05) is 11.6 Å². The summed E-state index contributed by atoms with van der Waals surface area (Å²) in [6.07, 6.45) is 4.22. The molecule has 0 fully saturated rings. The van der Waals surface area contributed by atoms with Crippen LogP contribution in [0.1, 0.15) is 27.2 Å². The number of benzene rings is 3. The SMILES string of the molecule is O=C(/C=C/c1c(F)cccc1Cl)c1ccc(OCc2cn(Cc3ccccc3)nn2)cc1O. The lowest BCUT2D eigenvalue weighted by Crippen LogP contribution is -2.00. The van der Waals surface area contributed by atoms with Gasteiger partial charge in [0.2, 0.25) is 0 Å². The number of ketones is 1. The fourth-order valence-electron chi connectivity index (χ4n) is 3.14. The van der Waals surface area contributed by atoms with Crippen LogP contribution in [-0.2, 0) is 13.2 Å². The highest BCUT2D eigenvalue weighted by atomic mass is 35.5. The number of carbonyl (C=O) groups excluding carboxylic acids is 1. The number of phenols is 1. The molecule has 0 aliphatic rings. The monoisotopic (exact) mass is 463 g/mol. The summed E-state index contributed by atoms with van der Waals surface area (Å²) in [7, 11) is 0. The Labute approximate surface area is 194 Å². The van der Waals surface area contributed by atoms with E-state index in [-0.39, 0.29) is 28.5 Å². The van der Waals surface area contributed by atoms with Crippen LogP contribution in [0.2, 0.25) is 5.02 Å². The van der Waals surface area contributed by atoms with E-state index in [1.54, 1.807) is 16.9 Å². The van der Waals surface area contributed by atoms with E-state index in [2.05, 4.69) is 10.3 Å². The minimum atomic E-state index is -0.541. The molecule has 3 aromatic carbocycles. The summed E-state index contributed by atoms with van der Waals surface area (Å²) in [5.41, 5.74) is 1.88. The number of hydrogen-bond acceptors (Lipinski definition) is 5. The molecule has 33 heavy (non-hydrogen) atoms. The Kier molecular flexibility index (Phi) is 6.80. The van der Waals surface area contributed by atoms with Crippen LogP contribution >= 0.6 is 11.6 Å². The van der Waals surface area contributed by atoms with E-state index in [1.165, 1.54) is 36.4 Å². The van der Waals surface area contributed by atoms with E-state index in [0.29, 0.717) is 18.0 Å². The van der Waals surface area contributed by atoms with Crippen LogP contribution < -0.4 is 4.74 Å². The maximum atomic E-state index is 13.8. The number of allylic oxidation sites excluding steroid dienone is 1. The third kappa shape index (κ3) is 5.64. The molecule has 4 aromatic rings. The van der Waals surface area contributed by atoms with Gasteiger partial charge in [-0.3, -0.25) is 4.79 Å². The van der Waals surface area contributed by atoms with Gasteiger partial charge in [-0.05, 0) is 42.0 Å². The summed E-state index contributed by atoms with van der Waals surface area (Å²) in [6.45, 7) is 0.740. The molecule has 0 spiro atoms. The number of ether oxygens (including phenoxy) is 1. The summed E-state index contributed by atoms with van der Waals surface area (Å²) in [5.74, 6) is -0.931. The van der Waals surface area contributed by atoms with Crippen molar-refractivity contribution >= 4 is 23.5 Å². The van der Waals surface area contributed by atoms with Crippen LogP contribution in [0.15, 0.2) is 79.0 Å². The average Bonchev–Trinajstić information content (AvgIpc) is 3.25. The number of aromatic hydroxyl groups is 1. The maximum Gasteiger partial charge on any atom is 0.189 e. The topological polar surface area (TPSA) is 77.2 Å². The first-order valence-corrected chi connectivity index (χ1v) is 10.4. The number of aromatic nitrogens is 3. The van der Waals surface area contributed by atoms with Crippen molar-refractivity contribution in [2.75, 3.05) is 0 Å². The number of hydrogen-bond donors (Lipinski definition) is 1. The molecule has 6 nitrogen and oxygen atoms in total. The van der Waals surface area contributed by atoms with E-state index in [9.17, 15) is 14.3 Å². The van der Waals surface area contributed by atoms with Gasteiger partial charge in [-0.25, -0.2) is 9.07 Å². The van der Waals surface area contributed by atoms with Gasteiger partial charge in [0.1, 0.15) is 29.6 Å². The largest absolute Gasteiger partial charge is 0.507 e. The van der Waals surface area contributed by atoms with Gasteiger partial charge >= 0.3 is 0 Å². The number of rotatable bonds is 8. The van der Waals surface area contributed by atoms with Crippen molar-refractivity contribution in [2.45, 2.75) is 13.2 Å². The quantitative estimate of drug-likeness (QED) is 0.283. The molecular formula is C25H19ClFN3O3. The Balaban J connectivity index is 1.38. The minimum absolute atomic E-state index is 0.0554. The highest BCUT2D eigenvalue weighted by Crippen LogP contribution is 2.26. The molecule has 0 aliphatic carbocycles. The molecule has 4 rings (SSSR count). The van der Waals surface area contributed by atoms with E-state index >= 15 is 0 Å². The molecule has 8 heteroatoms.